The number of phenols is 1. The van der Waals surface area contributed by atoms with E-state index in [1.165, 1.54) is 23.1 Å². The molecular formula is C24H25N5O5S2. The molecule has 188 valence electrons. The number of hydrogen-bond acceptors (Lipinski definition) is 10. The summed E-state index contributed by atoms with van der Waals surface area (Å²) in [6.07, 6.45) is 0.0575. The quantitative estimate of drug-likeness (QED) is 0.221. The van der Waals surface area contributed by atoms with Crippen LogP contribution in [-0.4, -0.2) is 62.8 Å². The molecule has 10 nitrogen and oxygen atoms in total. The summed E-state index contributed by atoms with van der Waals surface area (Å²) in [6, 6.07) is 11.3. The third-order valence-corrected chi connectivity index (χ3v) is 6.88. The highest BCUT2D eigenvalue weighted by Crippen LogP contribution is 2.34. The van der Waals surface area contributed by atoms with Gasteiger partial charge in [-0.05, 0) is 29.8 Å². The van der Waals surface area contributed by atoms with Gasteiger partial charge in [-0.2, -0.15) is 0 Å². The topological polar surface area (TPSA) is 128 Å². The van der Waals surface area contributed by atoms with Crippen LogP contribution in [0.25, 0.3) is 22.2 Å². The molecule has 12 heteroatoms. The summed E-state index contributed by atoms with van der Waals surface area (Å²) in [4.78, 5) is 28.4. The fraction of sp³-hybridized carbons (Fsp3) is 0.292. The minimum absolute atomic E-state index is 0.0575. The second kappa shape index (κ2) is 12.0. The van der Waals surface area contributed by atoms with Gasteiger partial charge in [-0.25, -0.2) is 4.98 Å². The van der Waals surface area contributed by atoms with E-state index in [9.17, 15) is 14.7 Å². The molecule has 1 amide bonds. The van der Waals surface area contributed by atoms with E-state index in [0.717, 1.165) is 10.8 Å². The first-order valence-corrected chi connectivity index (χ1v) is 13.0. The largest absolute Gasteiger partial charge is 0.507 e. The zero-order valence-electron chi connectivity index (χ0n) is 19.8. The number of nitrogens with one attached hydrogen (secondary N) is 1. The third kappa shape index (κ3) is 6.20. The number of thioether (sulfide) groups is 1. The predicted octanol–water partition coefficient (Wildman–Crippen LogP) is 3.74. The highest BCUT2D eigenvalue weighted by atomic mass is 32.2. The van der Waals surface area contributed by atoms with Gasteiger partial charge >= 0.3 is 5.97 Å². The van der Waals surface area contributed by atoms with Gasteiger partial charge in [-0.3, -0.25) is 14.2 Å². The molecule has 0 fully saturated rings. The van der Waals surface area contributed by atoms with Crippen LogP contribution in [-0.2, 0) is 32.0 Å². The van der Waals surface area contributed by atoms with Crippen molar-refractivity contribution in [2.45, 2.75) is 25.0 Å². The van der Waals surface area contributed by atoms with Gasteiger partial charge in [-0.15, -0.1) is 21.5 Å². The Kier molecular flexibility index (Phi) is 8.52. The molecule has 0 saturated carbocycles. The average molecular weight is 528 g/mol. The van der Waals surface area contributed by atoms with Gasteiger partial charge in [-0.1, -0.05) is 36.0 Å². The van der Waals surface area contributed by atoms with Gasteiger partial charge in [0.2, 0.25) is 5.91 Å². The Labute approximate surface area is 215 Å². The van der Waals surface area contributed by atoms with Crippen LogP contribution in [0.1, 0.15) is 12.6 Å². The van der Waals surface area contributed by atoms with Gasteiger partial charge in [0.15, 0.2) is 16.1 Å². The number of rotatable bonds is 11. The fourth-order valence-corrected chi connectivity index (χ4v) is 4.97. The molecule has 0 saturated heterocycles. The number of nitrogens with zero attached hydrogens (tertiary/aromatic N) is 4. The van der Waals surface area contributed by atoms with Crippen molar-refractivity contribution in [1.29, 1.82) is 0 Å². The smallest absolute Gasteiger partial charge is 0.311 e. The van der Waals surface area contributed by atoms with Gasteiger partial charge in [0.1, 0.15) is 5.75 Å². The second-order valence-electron chi connectivity index (χ2n) is 7.63. The van der Waals surface area contributed by atoms with Crippen LogP contribution in [0.15, 0.2) is 46.9 Å². The second-order valence-corrected chi connectivity index (χ2v) is 9.43. The van der Waals surface area contributed by atoms with Gasteiger partial charge in [0.25, 0.3) is 0 Å². The first-order valence-electron chi connectivity index (χ1n) is 11.2. The predicted molar refractivity (Wildman–Crippen MR) is 138 cm³/mol. The lowest BCUT2D eigenvalue weighted by molar-refractivity contribution is -0.142. The highest BCUT2D eigenvalue weighted by molar-refractivity contribution is 7.99. The molecule has 0 unspecified atom stereocenters. The normalized spacial score (nSPS) is 11.1. The van der Waals surface area contributed by atoms with Gasteiger partial charge in [0, 0.05) is 12.5 Å². The van der Waals surface area contributed by atoms with E-state index >= 15 is 0 Å². The van der Waals surface area contributed by atoms with Crippen LogP contribution in [0.2, 0.25) is 0 Å². The Morgan fingerprint density at radius 2 is 1.97 bits per heavy atom. The number of fused-ring (bicyclic) bond motifs is 1. The Morgan fingerprint density at radius 3 is 2.72 bits per heavy atom. The van der Waals surface area contributed by atoms with Crippen molar-refractivity contribution in [3.63, 3.8) is 0 Å². The van der Waals surface area contributed by atoms with Crippen LogP contribution < -0.4 is 5.32 Å². The highest BCUT2D eigenvalue weighted by Gasteiger charge is 2.19. The number of amides is 1. The first kappa shape index (κ1) is 25.6. The maximum atomic E-state index is 12.5. The van der Waals surface area contributed by atoms with Crippen molar-refractivity contribution in [3.05, 3.63) is 47.5 Å². The maximum absolute atomic E-state index is 12.5. The van der Waals surface area contributed by atoms with Crippen LogP contribution in [0.3, 0.4) is 0 Å². The Balaban J connectivity index is 1.46. The molecule has 0 spiro atoms. The molecule has 0 bridgehead atoms. The fourth-order valence-electron chi connectivity index (χ4n) is 3.48. The van der Waals surface area contributed by atoms with E-state index in [1.54, 1.807) is 25.5 Å². The zero-order valence-corrected chi connectivity index (χ0v) is 21.4. The lowest BCUT2D eigenvalue weighted by Crippen LogP contribution is -2.15. The molecule has 0 radical (unpaired) electrons. The van der Waals surface area contributed by atoms with E-state index in [-0.39, 0.29) is 29.8 Å². The van der Waals surface area contributed by atoms with Crippen LogP contribution in [0.5, 0.6) is 5.75 Å². The maximum Gasteiger partial charge on any atom is 0.311 e. The van der Waals surface area contributed by atoms with E-state index < -0.39 is 0 Å². The standard InChI is InChI=1S/C24H25N5O5S2/c1-3-34-21(32)12-17-13-35-23(25-17)26-20(31)14-36-24-28-27-22(29(24)8-9-33-2)18-10-15-6-4-5-7-16(15)11-19(18)30/h4-7,10-11,13,30H,3,8-9,12,14H2,1-2H3,(H,25,26,31). The number of anilines is 1. The molecule has 2 aromatic carbocycles. The van der Waals surface area contributed by atoms with E-state index in [0.29, 0.717) is 47.1 Å². The Morgan fingerprint density at radius 1 is 1.19 bits per heavy atom. The molecule has 2 N–H and O–H groups in total. The minimum Gasteiger partial charge on any atom is -0.507 e. The van der Waals surface area contributed by atoms with Crippen LogP contribution >= 0.6 is 23.1 Å². The number of thiazole rings is 1. The van der Waals surface area contributed by atoms with Crippen molar-refractivity contribution >= 4 is 50.9 Å². The number of aromatic nitrogens is 4. The number of esters is 1. The lowest BCUT2D eigenvalue weighted by atomic mass is 10.1. The number of methoxy groups -OCH3 is 1. The van der Waals surface area contributed by atoms with E-state index in [2.05, 4.69) is 20.5 Å². The van der Waals surface area contributed by atoms with Gasteiger partial charge < -0.3 is 19.9 Å². The number of benzene rings is 2. The molecule has 0 aliphatic rings. The SMILES string of the molecule is CCOC(=O)Cc1csc(NC(=O)CSc2nnc(-c3cc4ccccc4cc3O)n2CCOC)n1. The monoisotopic (exact) mass is 527 g/mol. The number of carbonyl (C=O) groups excluding carboxylic acids is 2. The van der Waals surface area contributed by atoms with Crippen LogP contribution in [0, 0.1) is 0 Å². The molecule has 0 aliphatic heterocycles. The third-order valence-electron chi connectivity index (χ3n) is 5.10. The van der Waals surface area contributed by atoms with Crippen molar-refractivity contribution in [1.82, 2.24) is 19.7 Å². The van der Waals surface area contributed by atoms with E-state index in [1.807, 2.05) is 34.9 Å². The molecular weight excluding hydrogens is 502 g/mol. The van der Waals surface area contributed by atoms with Crippen molar-refractivity contribution in [3.8, 4) is 17.1 Å². The van der Waals surface area contributed by atoms with Crippen molar-refractivity contribution in [2.75, 3.05) is 31.4 Å². The molecule has 2 heterocycles. The zero-order chi connectivity index (χ0) is 25.5. The number of aromatic hydroxyl groups is 1. The first-order chi connectivity index (χ1) is 17.5. The lowest BCUT2D eigenvalue weighted by Gasteiger charge is -2.11. The Bertz CT molecular complexity index is 1370. The van der Waals surface area contributed by atoms with Crippen LogP contribution in [0.4, 0.5) is 5.13 Å². The minimum atomic E-state index is -0.361. The van der Waals surface area contributed by atoms with Crippen molar-refractivity contribution in [2.24, 2.45) is 0 Å². The number of hydrogen-bond donors (Lipinski definition) is 2. The average Bonchev–Trinajstić information content (AvgIpc) is 3.47. The summed E-state index contributed by atoms with van der Waals surface area (Å²) in [7, 11) is 1.60. The van der Waals surface area contributed by atoms with E-state index in [4.69, 9.17) is 9.47 Å². The number of ether oxygens (including phenoxy) is 2. The Hall–Kier alpha value is -3.48. The molecule has 2 aromatic heterocycles. The summed E-state index contributed by atoms with van der Waals surface area (Å²) >= 11 is 2.46. The van der Waals surface area contributed by atoms with Gasteiger partial charge in [0.05, 0.1) is 43.2 Å². The summed E-state index contributed by atoms with van der Waals surface area (Å²) in [6.45, 7) is 2.90. The molecule has 0 atom stereocenters. The number of phenolic OH excluding ortho intramolecular Hbond substituents is 1. The molecule has 4 aromatic rings. The molecule has 4 rings (SSSR count). The molecule has 0 aliphatic carbocycles. The molecule has 36 heavy (non-hydrogen) atoms. The van der Waals surface area contributed by atoms with Crippen molar-refractivity contribution < 1.29 is 24.2 Å². The number of carbonyl (C=O) groups is 2. The summed E-state index contributed by atoms with van der Waals surface area (Å²) < 4.78 is 12.0. The summed E-state index contributed by atoms with van der Waals surface area (Å²) in [5, 5.41) is 26.5. The summed E-state index contributed by atoms with van der Waals surface area (Å²) in [5.74, 6) is 0.0215. The summed E-state index contributed by atoms with van der Waals surface area (Å²) in [5.41, 5.74) is 1.09.